The lowest BCUT2D eigenvalue weighted by atomic mass is 9.93. The number of nitrogens with one attached hydrogen (secondary N) is 2. The van der Waals surface area contributed by atoms with Crippen molar-refractivity contribution in [3.8, 4) is 16.9 Å². The van der Waals surface area contributed by atoms with Crippen LogP contribution in [-0.4, -0.2) is 43.2 Å². The SMILES string of the molecule is CNCCC(NC(=O)c1ccc(COC(C)c2ccc3c(c2)OCC3)cc1-c1ccccc1C)C(=O)O. The zero-order valence-corrected chi connectivity index (χ0v) is 21.5. The van der Waals surface area contributed by atoms with Crippen molar-refractivity contribution in [2.24, 2.45) is 0 Å². The van der Waals surface area contributed by atoms with Crippen LogP contribution in [0.5, 0.6) is 5.75 Å². The third-order valence-corrected chi connectivity index (χ3v) is 6.74. The van der Waals surface area contributed by atoms with Gasteiger partial charge in [0.1, 0.15) is 11.8 Å². The molecule has 37 heavy (non-hydrogen) atoms. The molecule has 0 aliphatic carbocycles. The zero-order valence-electron chi connectivity index (χ0n) is 21.5. The zero-order chi connectivity index (χ0) is 26.4. The lowest BCUT2D eigenvalue weighted by Gasteiger charge is -2.19. The monoisotopic (exact) mass is 502 g/mol. The number of hydrogen-bond acceptors (Lipinski definition) is 5. The Hall–Kier alpha value is -3.68. The molecule has 194 valence electrons. The molecule has 1 aliphatic heterocycles. The van der Waals surface area contributed by atoms with Crippen molar-refractivity contribution in [1.29, 1.82) is 0 Å². The van der Waals surface area contributed by atoms with Crippen molar-refractivity contribution in [1.82, 2.24) is 10.6 Å². The van der Waals surface area contributed by atoms with Gasteiger partial charge in [-0.05, 0) is 85.4 Å². The maximum atomic E-state index is 13.2. The van der Waals surface area contributed by atoms with Crippen LogP contribution < -0.4 is 15.4 Å². The number of carboxylic acids is 1. The second-order valence-electron chi connectivity index (χ2n) is 9.37. The summed E-state index contributed by atoms with van der Waals surface area (Å²) >= 11 is 0. The molecule has 0 bridgehead atoms. The number of hydrogen-bond donors (Lipinski definition) is 3. The van der Waals surface area contributed by atoms with Gasteiger partial charge in [0.25, 0.3) is 5.91 Å². The van der Waals surface area contributed by atoms with Gasteiger partial charge in [0, 0.05) is 12.0 Å². The number of carboxylic acid groups (broad SMARTS) is 1. The summed E-state index contributed by atoms with van der Waals surface area (Å²) in [5, 5.41) is 15.2. The van der Waals surface area contributed by atoms with E-state index in [2.05, 4.69) is 22.8 Å². The highest BCUT2D eigenvalue weighted by atomic mass is 16.5. The standard InChI is InChI=1S/C30H34N2O5/c1-19-6-4-5-7-24(19)26-16-21(8-11-25(26)29(33)32-27(30(34)35)12-14-31-3)18-37-20(2)23-10-9-22-13-15-36-28(22)17-23/h4-11,16-17,20,27,31H,12-15,18H2,1-3H3,(H,32,33)(H,34,35). The Balaban J connectivity index is 1.56. The van der Waals surface area contributed by atoms with Crippen LogP contribution in [-0.2, 0) is 22.6 Å². The summed E-state index contributed by atoms with van der Waals surface area (Å²) in [6.45, 7) is 5.56. The van der Waals surface area contributed by atoms with Crippen LogP contribution in [0, 0.1) is 6.92 Å². The molecule has 3 aromatic carbocycles. The van der Waals surface area contributed by atoms with E-state index < -0.39 is 17.9 Å². The third-order valence-electron chi connectivity index (χ3n) is 6.74. The first kappa shape index (κ1) is 26.4. The number of carbonyl (C=O) groups excluding carboxylic acids is 1. The van der Waals surface area contributed by atoms with Crippen LogP contribution in [0.4, 0.5) is 0 Å². The van der Waals surface area contributed by atoms with Gasteiger partial charge in [-0.15, -0.1) is 0 Å². The summed E-state index contributed by atoms with van der Waals surface area (Å²) in [7, 11) is 1.75. The maximum absolute atomic E-state index is 13.2. The van der Waals surface area contributed by atoms with Crippen molar-refractivity contribution in [2.45, 2.75) is 45.4 Å². The van der Waals surface area contributed by atoms with Crippen LogP contribution in [0.25, 0.3) is 11.1 Å². The second kappa shape index (κ2) is 12.0. The lowest BCUT2D eigenvalue weighted by molar-refractivity contribution is -0.139. The molecule has 0 saturated carbocycles. The Bertz CT molecular complexity index is 1270. The molecule has 2 atom stereocenters. The molecule has 0 fully saturated rings. The number of rotatable bonds is 11. The Morgan fingerprint density at radius 1 is 1.08 bits per heavy atom. The van der Waals surface area contributed by atoms with Crippen LogP contribution in [0.3, 0.4) is 0 Å². The highest BCUT2D eigenvalue weighted by Crippen LogP contribution is 2.31. The minimum Gasteiger partial charge on any atom is -0.493 e. The minimum absolute atomic E-state index is 0.136. The molecule has 2 unspecified atom stereocenters. The third kappa shape index (κ3) is 6.37. The van der Waals surface area contributed by atoms with Gasteiger partial charge < -0.3 is 25.2 Å². The minimum atomic E-state index is -1.06. The van der Waals surface area contributed by atoms with E-state index in [9.17, 15) is 14.7 Å². The molecule has 4 rings (SSSR count). The Morgan fingerprint density at radius 3 is 2.65 bits per heavy atom. The second-order valence-corrected chi connectivity index (χ2v) is 9.37. The molecule has 1 amide bonds. The normalized spacial score (nSPS) is 13.9. The quantitative estimate of drug-likeness (QED) is 0.353. The van der Waals surface area contributed by atoms with Crippen LogP contribution in [0.2, 0.25) is 0 Å². The number of ether oxygens (including phenoxy) is 2. The Labute approximate surface area is 217 Å². The predicted molar refractivity (Wildman–Crippen MR) is 143 cm³/mol. The van der Waals surface area contributed by atoms with E-state index in [1.54, 1.807) is 13.1 Å². The van der Waals surface area contributed by atoms with Crippen LogP contribution >= 0.6 is 0 Å². The van der Waals surface area contributed by atoms with Gasteiger partial charge in [-0.1, -0.05) is 42.5 Å². The fourth-order valence-corrected chi connectivity index (χ4v) is 4.51. The maximum Gasteiger partial charge on any atom is 0.326 e. The lowest BCUT2D eigenvalue weighted by Crippen LogP contribution is -2.42. The summed E-state index contributed by atoms with van der Waals surface area (Å²) in [5.74, 6) is -0.544. The summed E-state index contributed by atoms with van der Waals surface area (Å²) in [6.07, 6.45) is 1.09. The average Bonchev–Trinajstić information content (AvgIpc) is 3.37. The van der Waals surface area contributed by atoms with Gasteiger partial charge in [-0.3, -0.25) is 4.79 Å². The molecule has 0 radical (unpaired) electrons. The average molecular weight is 503 g/mol. The van der Waals surface area contributed by atoms with Crippen molar-refractivity contribution in [3.63, 3.8) is 0 Å². The summed E-state index contributed by atoms with van der Waals surface area (Å²) in [5.41, 5.74) is 6.31. The number of aryl methyl sites for hydroxylation is 1. The first-order valence-corrected chi connectivity index (χ1v) is 12.6. The molecule has 3 N–H and O–H groups in total. The van der Waals surface area contributed by atoms with Gasteiger partial charge in [-0.2, -0.15) is 0 Å². The summed E-state index contributed by atoms with van der Waals surface area (Å²) in [6, 6.07) is 18.7. The van der Waals surface area contributed by atoms with E-state index >= 15 is 0 Å². The first-order valence-electron chi connectivity index (χ1n) is 12.6. The molecule has 7 nitrogen and oxygen atoms in total. The van der Waals surface area contributed by atoms with E-state index in [0.717, 1.165) is 46.6 Å². The van der Waals surface area contributed by atoms with E-state index in [4.69, 9.17) is 9.47 Å². The highest BCUT2D eigenvalue weighted by Gasteiger charge is 2.23. The molecule has 7 heteroatoms. The smallest absolute Gasteiger partial charge is 0.326 e. The highest BCUT2D eigenvalue weighted by molar-refractivity contribution is 6.02. The van der Waals surface area contributed by atoms with Gasteiger partial charge in [0.2, 0.25) is 0 Å². The van der Waals surface area contributed by atoms with Crippen LogP contribution in [0.1, 0.15) is 52.1 Å². The fraction of sp³-hybridized carbons (Fsp3) is 0.333. The number of aliphatic carboxylic acids is 1. The van der Waals surface area contributed by atoms with Gasteiger partial charge >= 0.3 is 5.97 Å². The van der Waals surface area contributed by atoms with Gasteiger partial charge in [0.15, 0.2) is 0 Å². The van der Waals surface area contributed by atoms with Crippen molar-refractivity contribution >= 4 is 11.9 Å². The Kier molecular flexibility index (Phi) is 8.58. The molecular weight excluding hydrogens is 468 g/mol. The number of benzene rings is 3. The van der Waals surface area contributed by atoms with Gasteiger partial charge in [0.05, 0.1) is 19.3 Å². The van der Waals surface area contributed by atoms with Crippen LogP contribution in [0.15, 0.2) is 60.7 Å². The molecule has 0 spiro atoms. The summed E-state index contributed by atoms with van der Waals surface area (Å²) < 4.78 is 11.9. The first-order chi connectivity index (χ1) is 17.9. The Morgan fingerprint density at radius 2 is 1.89 bits per heavy atom. The molecule has 3 aromatic rings. The molecule has 0 aromatic heterocycles. The van der Waals surface area contributed by atoms with Crippen molar-refractivity contribution in [2.75, 3.05) is 20.2 Å². The summed E-state index contributed by atoms with van der Waals surface area (Å²) in [4.78, 5) is 24.9. The largest absolute Gasteiger partial charge is 0.493 e. The van der Waals surface area contributed by atoms with E-state index in [-0.39, 0.29) is 12.5 Å². The van der Waals surface area contributed by atoms with Gasteiger partial charge in [-0.25, -0.2) is 4.79 Å². The van der Waals surface area contributed by atoms with Crippen molar-refractivity contribution in [3.05, 3.63) is 88.5 Å². The van der Waals surface area contributed by atoms with E-state index in [1.807, 2.05) is 56.3 Å². The molecule has 0 saturated heterocycles. The fourth-order valence-electron chi connectivity index (χ4n) is 4.51. The molecular formula is C30H34N2O5. The molecule has 1 heterocycles. The van der Waals surface area contributed by atoms with Crippen molar-refractivity contribution < 1.29 is 24.2 Å². The van der Waals surface area contributed by atoms with E-state index in [0.29, 0.717) is 18.7 Å². The number of carbonyl (C=O) groups is 2. The number of amides is 1. The number of fused-ring (bicyclic) bond motifs is 1. The predicted octanol–water partition coefficient (Wildman–Crippen LogP) is 4.67. The van der Waals surface area contributed by atoms with E-state index in [1.165, 1.54) is 5.56 Å². The topological polar surface area (TPSA) is 96.9 Å². The molecule has 1 aliphatic rings.